The maximum atomic E-state index is 12.4. The zero-order valence-electron chi connectivity index (χ0n) is 14.9. The smallest absolute Gasteiger partial charge is 0.259 e. The van der Waals surface area contributed by atoms with E-state index in [2.05, 4.69) is 10.6 Å². The Hall–Kier alpha value is -3.60. The molecule has 0 unspecified atom stereocenters. The molecule has 0 aliphatic carbocycles. The van der Waals surface area contributed by atoms with Crippen molar-refractivity contribution in [3.05, 3.63) is 95.6 Å². The molecular formula is C22H20N2O3. The lowest BCUT2D eigenvalue weighted by atomic mass is 10.1. The van der Waals surface area contributed by atoms with E-state index in [4.69, 9.17) is 4.74 Å². The molecule has 5 heteroatoms. The summed E-state index contributed by atoms with van der Waals surface area (Å²) >= 11 is 0. The highest BCUT2D eigenvalue weighted by Gasteiger charge is 2.12. The summed E-state index contributed by atoms with van der Waals surface area (Å²) in [5.74, 6) is 0.0714. The van der Waals surface area contributed by atoms with Crippen molar-refractivity contribution in [2.24, 2.45) is 0 Å². The van der Waals surface area contributed by atoms with Gasteiger partial charge in [0.05, 0.1) is 12.7 Å². The molecule has 2 amide bonds. The molecule has 0 radical (unpaired) electrons. The number of anilines is 1. The Morgan fingerprint density at radius 2 is 1.48 bits per heavy atom. The summed E-state index contributed by atoms with van der Waals surface area (Å²) in [5.41, 5.74) is 2.61. The largest absolute Gasteiger partial charge is 0.496 e. The maximum absolute atomic E-state index is 12.4. The van der Waals surface area contributed by atoms with Crippen LogP contribution in [0.4, 0.5) is 5.69 Å². The molecule has 0 fully saturated rings. The molecule has 3 rings (SSSR count). The number of carbonyl (C=O) groups excluding carboxylic acids is 2. The average Bonchev–Trinajstić information content (AvgIpc) is 2.73. The van der Waals surface area contributed by atoms with Gasteiger partial charge in [-0.05, 0) is 42.0 Å². The van der Waals surface area contributed by atoms with Crippen LogP contribution in [0, 0.1) is 0 Å². The highest BCUT2D eigenvalue weighted by molar-refractivity contribution is 6.06. The number of nitrogens with one attached hydrogen (secondary N) is 2. The molecule has 0 aromatic heterocycles. The Morgan fingerprint density at radius 1 is 0.815 bits per heavy atom. The molecule has 0 saturated carbocycles. The van der Waals surface area contributed by atoms with Gasteiger partial charge in [-0.25, -0.2) is 0 Å². The Morgan fingerprint density at radius 3 is 2.19 bits per heavy atom. The van der Waals surface area contributed by atoms with Crippen LogP contribution in [-0.2, 0) is 6.54 Å². The van der Waals surface area contributed by atoms with Gasteiger partial charge in [-0.2, -0.15) is 0 Å². The van der Waals surface area contributed by atoms with E-state index in [1.54, 1.807) is 48.5 Å². The van der Waals surface area contributed by atoms with Crippen LogP contribution in [0.25, 0.3) is 0 Å². The van der Waals surface area contributed by atoms with Crippen LogP contribution in [0.15, 0.2) is 78.9 Å². The minimum atomic E-state index is -0.270. The Balaban J connectivity index is 1.61. The molecule has 3 aromatic rings. The molecule has 0 heterocycles. The summed E-state index contributed by atoms with van der Waals surface area (Å²) in [7, 11) is 1.52. The fourth-order valence-electron chi connectivity index (χ4n) is 2.62. The fraction of sp³-hybridized carbons (Fsp3) is 0.0909. The van der Waals surface area contributed by atoms with Crippen LogP contribution in [0.2, 0.25) is 0 Å². The number of hydrogen-bond donors (Lipinski definition) is 2. The van der Waals surface area contributed by atoms with Crippen LogP contribution >= 0.6 is 0 Å². The molecule has 0 atom stereocenters. The van der Waals surface area contributed by atoms with Crippen molar-refractivity contribution in [1.82, 2.24) is 5.32 Å². The summed E-state index contributed by atoms with van der Waals surface area (Å²) in [6, 6.07) is 23.5. The first-order chi connectivity index (χ1) is 13.2. The van der Waals surface area contributed by atoms with Gasteiger partial charge in [0, 0.05) is 17.8 Å². The molecule has 27 heavy (non-hydrogen) atoms. The van der Waals surface area contributed by atoms with E-state index in [1.807, 2.05) is 30.3 Å². The van der Waals surface area contributed by atoms with Crippen LogP contribution in [0.1, 0.15) is 26.3 Å². The highest BCUT2D eigenvalue weighted by Crippen LogP contribution is 2.19. The van der Waals surface area contributed by atoms with Crippen LogP contribution in [-0.4, -0.2) is 18.9 Å². The van der Waals surface area contributed by atoms with Crippen LogP contribution in [0.5, 0.6) is 5.75 Å². The summed E-state index contributed by atoms with van der Waals surface area (Å²) in [5, 5.41) is 5.68. The normalized spacial score (nSPS) is 10.1. The minimum absolute atomic E-state index is 0.165. The summed E-state index contributed by atoms with van der Waals surface area (Å²) in [4.78, 5) is 24.6. The van der Waals surface area contributed by atoms with Gasteiger partial charge in [0.2, 0.25) is 0 Å². The van der Waals surface area contributed by atoms with E-state index in [-0.39, 0.29) is 11.8 Å². The summed E-state index contributed by atoms with van der Waals surface area (Å²) in [6.07, 6.45) is 0. The molecule has 2 N–H and O–H groups in total. The monoisotopic (exact) mass is 360 g/mol. The second-order valence-corrected chi connectivity index (χ2v) is 5.90. The number of amides is 2. The molecule has 136 valence electrons. The molecule has 0 bridgehead atoms. The molecule has 3 aromatic carbocycles. The lowest BCUT2D eigenvalue weighted by Crippen LogP contribution is -2.22. The number of rotatable bonds is 6. The average molecular weight is 360 g/mol. The standard InChI is InChI=1S/C22H20N2O3/c1-27-20-10-6-5-9-19(20)22(26)24-18-13-11-17(12-14-18)21(25)23-15-16-7-3-2-4-8-16/h2-14H,15H2,1H3,(H,23,25)(H,24,26). The van der Waals surface area contributed by atoms with Gasteiger partial charge >= 0.3 is 0 Å². The van der Waals surface area contributed by atoms with Gasteiger partial charge in [-0.3, -0.25) is 9.59 Å². The molecule has 5 nitrogen and oxygen atoms in total. The van der Waals surface area contributed by atoms with E-state index in [0.717, 1.165) is 5.56 Å². The van der Waals surface area contributed by atoms with Gasteiger partial charge in [-0.15, -0.1) is 0 Å². The minimum Gasteiger partial charge on any atom is -0.496 e. The van der Waals surface area contributed by atoms with Gasteiger partial charge in [0.15, 0.2) is 0 Å². The number of para-hydroxylation sites is 1. The Labute approximate surface area is 158 Å². The lowest BCUT2D eigenvalue weighted by molar-refractivity contribution is 0.0950. The third-order valence-corrected chi connectivity index (χ3v) is 4.05. The third kappa shape index (κ3) is 4.73. The maximum Gasteiger partial charge on any atom is 0.259 e. The third-order valence-electron chi connectivity index (χ3n) is 4.05. The Kier molecular flexibility index (Phi) is 5.84. The van der Waals surface area contributed by atoms with Crippen molar-refractivity contribution in [1.29, 1.82) is 0 Å². The van der Waals surface area contributed by atoms with Crippen molar-refractivity contribution in [2.75, 3.05) is 12.4 Å². The van der Waals surface area contributed by atoms with Crippen LogP contribution < -0.4 is 15.4 Å². The quantitative estimate of drug-likeness (QED) is 0.701. The van der Waals surface area contributed by atoms with Gasteiger partial charge in [-0.1, -0.05) is 42.5 Å². The van der Waals surface area contributed by atoms with E-state index < -0.39 is 0 Å². The van der Waals surface area contributed by atoms with Crippen molar-refractivity contribution in [3.63, 3.8) is 0 Å². The first kappa shape index (κ1) is 18.2. The number of ether oxygens (including phenoxy) is 1. The predicted octanol–water partition coefficient (Wildman–Crippen LogP) is 3.88. The van der Waals surface area contributed by atoms with E-state index in [9.17, 15) is 9.59 Å². The molecule has 0 aliphatic heterocycles. The first-order valence-corrected chi connectivity index (χ1v) is 8.54. The van der Waals surface area contributed by atoms with Gasteiger partial charge in [0.25, 0.3) is 11.8 Å². The van der Waals surface area contributed by atoms with E-state index >= 15 is 0 Å². The number of benzene rings is 3. The lowest BCUT2D eigenvalue weighted by Gasteiger charge is -2.10. The molecule has 0 aliphatic rings. The Bertz CT molecular complexity index is 922. The SMILES string of the molecule is COc1ccccc1C(=O)Nc1ccc(C(=O)NCc2ccccc2)cc1. The van der Waals surface area contributed by atoms with Gasteiger partial charge < -0.3 is 15.4 Å². The summed E-state index contributed by atoms with van der Waals surface area (Å²) in [6.45, 7) is 0.464. The number of hydrogen-bond acceptors (Lipinski definition) is 3. The van der Waals surface area contributed by atoms with E-state index in [1.165, 1.54) is 7.11 Å². The van der Waals surface area contributed by atoms with Crippen molar-refractivity contribution >= 4 is 17.5 Å². The molecule has 0 spiro atoms. The van der Waals surface area contributed by atoms with Gasteiger partial charge in [0.1, 0.15) is 5.75 Å². The topological polar surface area (TPSA) is 67.4 Å². The zero-order chi connectivity index (χ0) is 19.1. The van der Waals surface area contributed by atoms with Crippen molar-refractivity contribution < 1.29 is 14.3 Å². The second kappa shape index (κ2) is 8.67. The fourth-order valence-corrected chi connectivity index (χ4v) is 2.62. The molecular weight excluding hydrogens is 340 g/mol. The predicted molar refractivity (Wildman–Crippen MR) is 105 cm³/mol. The number of carbonyl (C=O) groups is 2. The number of methoxy groups -OCH3 is 1. The van der Waals surface area contributed by atoms with E-state index in [0.29, 0.717) is 29.1 Å². The summed E-state index contributed by atoms with van der Waals surface area (Å²) < 4.78 is 5.20. The van der Waals surface area contributed by atoms with Crippen LogP contribution in [0.3, 0.4) is 0 Å². The molecule has 0 saturated heterocycles. The zero-order valence-corrected chi connectivity index (χ0v) is 14.9. The van der Waals surface area contributed by atoms with Crippen molar-refractivity contribution in [3.8, 4) is 5.75 Å². The second-order valence-electron chi connectivity index (χ2n) is 5.90. The first-order valence-electron chi connectivity index (χ1n) is 8.54. The highest BCUT2D eigenvalue weighted by atomic mass is 16.5. The van der Waals surface area contributed by atoms with Crippen molar-refractivity contribution in [2.45, 2.75) is 6.54 Å².